The van der Waals surface area contributed by atoms with E-state index in [4.69, 9.17) is 10.00 Å². The highest BCUT2D eigenvalue weighted by Crippen LogP contribution is 2.17. The van der Waals surface area contributed by atoms with Crippen LogP contribution in [0.3, 0.4) is 0 Å². The molecule has 3 heteroatoms. The molecule has 1 rings (SSSR count). The van der Waals surface area contributed by atoms with Crippen molar-refractivity contribution in [2.75, 3.05) is 13.2 Å². The number of hydrogen-bond donors (Lipinski definition) is 1. The van der Waals surface area contributed by atoms with Crippen LogP contribution in [-0.2, 0) is 0 Å². The second-order valence-corrected chi connectivity index (χ2v) is 4.58. The standard InChI is InChI=1S/C15H22N2O/c1-4-9-18-15-7-5-14(6-8-15)13(3)17-11-12(2)10-16/h5-8,12-13,17H,4,9,11H2,1-3H3. The van der Waals surface area contributed by atoms with Crippen LogP contribution < -0.4 is 10.1 Å². The summed E-state index contributed by atoms with van der Waals surface area (Å²) in [4.78, 5) is 0. The Bertz CT molecular complexity index is 380. The van der Waals surface area contributed by atoms with Crippen LogP contribution in [0.1, 0.15) is 38.8 Å². The SMILES string of the molecule is CCCOc1ccc(C(C)NCC(C)C#N)cc1. The van der Waals surface area contributed by atoms with Crippen LogP contribution in [-0.4, -0.2) is 13.2 Å². The van der Waals surface area contributed by atoms with Gasteiger partial charge in [0, 0.05) is 12.6 Å². The first kappa shape index (κ1) is 14.5. The Morgan fingerprint density at radius 1 is 1.28 bits per heavy atom. The zero-order valence-electron chi connectivity index (χ0n) is 11.4. The summed E-state index contributed by atoms with van der Waals surface area (Å²) in [6, 6.07) is 10.6. The Morgan fingerprint density at radius 3 is 2.50 bits per heavy atom. The second-order valence-electron chi connectivity index (χ2n) is 4.58. The maximum Gasteiger partial charge on any atom is 0.119 e. The topological polar surface area (TPSA) is 45.0 Å². The highest BCUT2D eigenvalue weighted by molar-refractivity contribution is 5.28. The van der Waals surface area contributed by atoms with E-state index in [-0.39, 0.29) is 12.0 Å². The van der Waals surface area contributed by atoms with Crippen molar-refractivity contribution in [3.05, 3.63) is 29.8 Å². The average Bonchev–Trinajstić information content (AvgIpc) is 2.42. The molecule has 1 N–H and O–H groups in total. The largest absolute Gasteiger partial charge is 0.494 e. The predicted molar refractivity (Wildman–Crippen MR) is 73.4 cm³/mol. The van der Waals surface area contributed by atoms with Crippen molar-refractivity contribution in [1.29, 1.82) is 5.26 Å². The molecule has 0 radical (unpaired) electrons. The number of ether oxygens (including phenoxy) is 1. The van der Waals surface area contributed by atoms with Crippen molar-refractivity contribution < 1.29 is 4.74 Å². The van der Waals surface area contributed by atoms with E-state index in [9.17, 15) is 0 Å². The molecule has 0 fully saturated rings. The Hall–Kier alpha value is -1.53. The first-order valence-electron chi connectivity index (χ1n) is 6.53. The van der Waals surface area contributed by atoms with Gasteiger partial charge in [0.1, 0.15) is 5.75 Å². The zero-order chi connectivity index (χ0) is 13.4. The van der Waals surface area contributed by atoms with E-state index in [1.54, 1.807) is 0 Å². The third-order valence-electron chi connectivity index (χ3n) is 2.80. The molecule has 2 atom stereocenters. The molecule has 0 amide bonds. The van der Waals surface area contributed by atoms with E-state index >= 15 is 0 Å². The molecule has 0 aliphatic carbocycles. The molecule has 0 aromatic heterocycles. The van der Waals surface area contributed by atoms with E-state index in [1.165, 1.54) is 5.56 Å². The smallest absolute Gasteiger partial charge is 0.119 e. The van der Waals surface area contributed by atoms with Gasteiger partial charge in [-0.3, -0.25) is 0 Å². The van der Waals surface area contributed by atoms with Gasteiger partial charge in [0.15, 0.2) is 0 Å². The summed E-state index contributed by atoms with van der Waals surface area (Å²) in [6.07, 6.45) is 1.02. The van der Waals surface area contributed by atoms with Gasteiger partial charge in [-0.05, 0) is 38.0 Å². The average molecular weight is 246 g/mol. The minimum Gasteiger partial charge on any atom is -0.494 e. The lowest BCUT2D eigenvalue weighted by atomic mass is 10.1. The quantitative estimate of drug-likeness (QED) is 0.803. The maximum atomic E-state index is 8.73. The minimum absolute atomic E-state index is 0.0413. The minimum atomic E-state index is 0.0413. The predicted octanol–water partition coefficient (Wildman–Crippen LogP) is 3.29. The van der Waals surface area contributed by atoms with Crippen molar-refractivity contribution >= 4 is 0 Å². The number of benzene rings is 1. The molecule has 1 aromatic carbocycles. The third-order valence-corrected chi connectivity index (χ3v) is 2.80. The van der Waals surface area contributed by atoms with E-state index in [2.05, 4.69) is 37.4 Å². The summed E-state index contributed by atoms with van der Waals surface area (Å²) >= 11 is 0. The lowest BCUT2D eigenvalue weighted by Gasteiger charge is -2.15. The maximum absolute atomic E-state index is 8.73. The summed E-state index contributed by atoms with van der Waals surface area (Å²) < 4.78 is 5.54. The van der Waals surface area contributed by atoms with Gasteiger partial charge in [-0.25, -0.2) is 0 Å². The monoisotopic (exact) mass is 246 g/mol. The van der Waals surface area contributed by atoms with Crippen LogP contribution in [0, 0.1) is 17.2 Å². The summed E-state index contributed by atoms with van der Waals surface area (Å²) in [5.41, 5.74) is 1.21. The lowest BCUT2D eigenvalue weighted by molar-refractivity contribution is 0.317. The number of nitrogens with one attached hydrogen (secondary N) is 1. The van der Waals surface area contributed by atoms with Crippen LogP contribution >= 0.6 is 0 Å². The zero-order valence-corrected chi connectivity index (χ0v) is 11.4. The van der Waals surface area contributed by atoms with Crippen LogP contribution in [0.5, 0.6) is 5.75 Å². The molecule has 0 heterocycles. The van der Waals surface area contributed by atoms with E-state index in [0.717, 1.165) is 18.8 Å². The summed E-state index contributed by atoms with van der Waals surface area (Å²) in [6.45, 7) is 7.59. The van der Waals surface area contributed by atoms with Crippen LogP contribution in [0.15, 0.2) is 24.3 Å². The van der Waals surface area contributed by atoms with Crippen LogP contribution in [0.2, 0.25) is 0 Å². The van der Waals surface area contributed by atoms with Gasteiger partial charge in [-0.1, -0.05) is 19.1 Å². The van der Waals surface area contributed by atoms with Crippen molar-refractivity contribution in [1.82, 2.24) is 5.32 Å². The summed E-state index contributed by atoms with van der Waals surface area (Å²) in [5.74, 6) is 0.956. The Balaban J connectivity index is 2.48. The van der Waals surface area contributed by atoms with Gasteiger partial charge in [0.05, 0.1) is 18.6 Å². The van der Waals surface area contributed by atoms with E-state index in [0.29, 0.717) is 6.54 Å². The van der Waals surface area contributed by atoms with Crippen molar-refractivity contribution in [2.24, 2.45) is 5.92 Å². The number of hydrogen-bond acceptors (Lipinski definition) is 3. The molecule has 0 spiro atoms. The Kier molecular flexibility index (Phi) is 6.24. The fraction of sp³-hybridized carbons (Fsp3) is 0.533. The summed E-state index contributed by atoms with van der Waals surface area (Å²) in [7, 11) is 0. The molecule has 0 bridgehead atoms. The molecule has 18 heavy (non-hydrogen) atoms. The fourth-order valence-electron chi connectivity index (χ4n) is 1.59. The molecule has 98 valence electrons. The normalized spacial score (nSPS) is 13.7. The molecule has 3 nitrogen and oxygen atoms in total. The van der Waals surface area contributed by atoms with Gasteiger partial charge < -0.3 is 10.1 Å². The second kappa shape index (κ2) is 7.73. The van der Waals surface area contributed by atoms with Gasteiger partial charge >= 0.3 is 0 Å². The van der Waals surface area contributed by atoms with Gasteiger partial charge in [-0.2, -0.15) is 5.26 Å². The molecule has 1 aromatic rings. The molecular formula is C15H22N2O. The molecular weight excluding hydrogens is 224 g/mol. The molecule has 0 saturated heterocycles. The van der Waals surface area contributed by atoms with Crippen LogP contribution in [0.4, 0.5) is 0 Å². The first-order valence-corrected chi connectivity index (χ1v) is 6.53. The lowest BCUT2D eigenvalue weighted by Crippen LogP contribution is -2.23. The fourth-order valence-corrected chi connectivity index (χ4v) is 1.59. The van der Waals surface area contributed by atoms with Crippen LogP contribution in [0.25, 0.3) is 0 Å². The van der Waals surface area contributed by atoms with Gasteiger partial charge in [-0.15, -0.1) is 0 Å². The van der Waals surface area contributed by atoms with Gasteiger partial charge in [0.25, 0.3) is 0 Å². The Labute approximate surface area is 110 Å². The van der Waals surface area contributed by atoms with Gasteiger partial charge in [0.2, 0.25) is 0 Å². The van der Waals surface area contributed by atoms with Crippen molar-refractivity contribution in [3.63, 3.8) is 0 Å². The summed E-state index contributed by atoms with van der Waals surface area (Å²) in [5, 5.41) is 12.1. The molecule has 0 aliphatic rings. The highest BCUT2D eigenvalue weighted by Gasteiger charge is 2.07. The number of rotatable bonds is 7. The van der Waals surface area contributed by atoms with E-state index < -0.39 is 0 Å². The third kappa shape index (κ3) is 4.77. The molecule has 2 unspecified atom stereocenters. The van der Waals surface area contributed by atoms with E-state index in [1.807, 2.05) is 19.1 Å². The molecule has 0 saturated carbocycles. The highest BCUT2D eigenvalue weighted by atomic mass is 16.5. The van der Waals surface area contributed by atoms with Crippen molar-refractivity contribution in [2.45, 2.75) is 33.2 Å². The number of nitriles is 1. The number of nitrogens with zero attached hydrogens (tertiary/aromatic N) is 1. The van der Waals surface area contributed by atoms with Crippen molar-refractivity contribution in [3.8, 4) is 11.8 Å². The molecule has 0 aliphatic heterocycles. The first-order chi connectivity index (χ1) is 8.67. The Morgan fingerprint density at radius 2 is 1.94 bits per heavy atom.